The Balaban J connectivity index is 2.45. The largest absolute Gasteiger partial charge is 0.508 e. The van der Waals surface area contributed by atoms with Crippen LogP contribution in [0.3, 0.4) is 0 Å². The SMILES string of the molecule is CCCC(O)CNCc1cc(OC)ccc1O. The van der Waals surface area contributed by atoms with E-state index >= 15 is 0 Å². The Bertz CT molecular complexity index is 341. The summed E-state index contributed by atoms with van der Waals surface area (Å²) in [5, 5.41) is 22.3. The van der Waals surface area contributed by atoms with Crippen molar-refractivity contribution in [3.8, 4) is 11.5 Å². The van der Waals surface area contributed by atoms with E-state index in [4.69, 9.17) is 4.74 Å². The van der Waals surface area contributed by atoms with Crippen LogP contribution >= 0.6 is 0 Å². The van der Waals surface area contributed by atoms with Crippen LogP contribution in [0.2, 0.25) is 0 Å². The summed E-state index contributed by atoms with van der Waals surface area (Å²) in [5.41, 5.74) is 0.771. The molecule has 1 aromatic carbocycles. The van der Waals surface area contributed by atoms with Crippen LogP contribution in [0.15, 0.2) is 18.2 Å². The number of ether oxygens (including phenoxy) is 1. The van der Waals surface area contributed by atoms with Gasteiger partial charge in [0.1, 0.15) is 11.5 Å². The maximum Gasteiger partial charge on any atom is 0.120 e. The van der Waals surface area contributed by atoms with Crippen molar-refractivity contribution >= 4 is 0 Å². The number of phenols is 1. The number of hydrogen-bond acceptors (Lipinski definition) is 4. The van der Waals surface area contributed by atoms with E-state index in [0.29, 0.717) is 18.8 Å². The van der Waals surface area contributed by atoms with Crippen molar-refractivity contribution < 1.29 is 14.9 Å². The predicted molar refractivity (Wildman–Crippen MR) is 67.3 cm³/mol. The highest BCUT2D eigenvalue weighted by atomic mass is 16.5. The molecule has 0 aliphatic carbocycles. The third-order valence-corrected chi connectivity index (χ3v) is 2.60. The molecular formula is C13H21NO3. The molecule has 0 radical (unpaired) electrons. The average molecular weight is 239 g/mol. The Labute approximate surface area is 102 Å². The topological polar surface area (TPSA) is 61.7 Å². The lowest BCUT2D eigenvalue weighted by molar-refractivity contribution is 0.160. The van der Waals surface area contributed by atoms with Gasteiger partial charge in [-0.3, -0.25) is 0 Å². The standard InChI is InChI=1S/C13H21NO3/c1-3-4-11(15)9-14-8-10-7-12(17-2)5-6-13(10)16/h5-7,11,14-16H,3-4,8-9H2,1-2H3. The highest BCUT2D eigenvalue weighted by molar-refractivity contribution is 5.39. The number of nitrogens with one attached hydrogen (secondary N) is 1. The van der Waals surface area contributed by atoms with E-state index in [1.807, 2.05) is 6.92 Å². The first-order chi connectivity index (χ1) is 8.17. The molecule has 0 aliphatic heterocycles. The lowest BCUT2D eigenvalue weighted by Crippen LogP contribution is -2.26. The first-order valence-corrected chi connectivity index (χ1v) is 5.92. The average Bonchev–Trinajstić information content (AvgIpc) is 2.32. The maximum absolute atomic E-state index is 9.64. The Morgan fingerprint density at radius 1 is 1.41 bits per heavy atom. The zero-order chi connectivity index (χ0) is 12.7. The Morgan fingerprint density at radius 3 is 2.82 bits per heavy atom. The van der Waals surface area contributed by atoms with Gasteiger partial charge in [0.15, 0.2) is 0 Å². The smallest absolute Gasteiger partial charge is 0.120 e. The van der Waals surface area contributed by atoms with Gasteiger partial charge in [-0.2, -0.15) is 0 Å². The van der Waals surface area contributed by atoms with E-state index in [0.717, 1.165) is 18.4 Å². The van der Waals surface area contributed by atoms with Crippen LogP contribution in [0.25, 0.3) is 0 Å². The Kier molecular flexibility index (Phi) is 5.80. The number of aliphatic hydroxyl groups excluding tert-OH is 1. The molecule has 96 valence electrons. The number of rotatable bonds is 7. The van der Waals surface area contributed by atoms with Crippen LogP contribution in [0.5, 0.6) is 11.5 Å². The molecule has 0 bridgehead atoms. The molecule has 0 saturated carbocycles. The molecule has 1 aromatic rings. The molecule has 1 unspecified atom stereocenters. The summed E-state index contributed by atoms with van der Waals surface area (Å²) in [4.78, 5) is 0. The Hall–Kier alpha value is -1.26. The first kappa shape index (κ1) is 13.8. The molecule has 0 aromatic heterocycles. The second-order valence-electron chi connectivity index (χ2n) is 4.07. The second kappa shape index (κ2) is 7.14. The van der Waals surface area contributed by atoms with E-state index in [1.165, 1.54) is 0 Å². The zero-order valence-electron chi connectivity index (χ0n) is 10.4. The van der Waals surface area contributed by atoms with Crippen LogP contribution < -0.4 is 10.1 Å². The minimum Gasteiger partial charge on any atom is -0.508 e. The maximum atomic E-state index is 9.64. The van der Waals surface area contributed by atoms with Crippen LogP contribution in [0, 0.1) is 0 Å². The monoisotopic (exact) mass is 239 g/mol. The lowest BCUT2D eigenvalue weighted by Gasteiger charge is -2.12. The summed E-state index contributed by atoms with van der Waals surface area (Å²) in [7, 11) is 1.59. The number of hydrogen-bond donors (Lipinski definition) is 3. The van der Waals surface area contributed by atoms with Gasteiger partial charge in [-0.1, -0.05) is 13.3 Å². The fourth-order valence-corrected chi connectivity index (χ4v) is 1.64. The number of aliphatic hydroxyl groups is 1. The van der Waals surface area contributed by atoms with Crippen LogP contribution in [0.4, 0.5) is 0 Å². The predicted octanol–water partition coefficient (Wildman–Crippen LogP) is 1.65. The molecule has 4 heteroatoms. The molecule has 0 fully saturated rings. The molecule has 0 aliphatic rings. The van der Waals surface area contributed by atoms with Gasteiger partial charge in [-0.05, 0) is 24.6 Å². The molecular weight excluding hydrogens is 218 g/mol. The van der Waals surface area contributed by atoms with E-state index in [1.54, 1.807) is 25.3 Å². The number of aromatic hydroxyl groups is 1. The van der Waals surface area contributed by atoms with Crippen LogP contribution in [0.1, 0.15) is 25.3 Å². The first-order valence-electron chi connectivity index (χ1n) is 5.92. The molecule has 17 heavy (non-hydrogen) atoms. The molecule has 1 rings (SSSR count). The minimum atomic E-state index is -0.326. The third kappa shape index (κ3) is 4.63. The summed E-state index contributed by atoms with van der Waals surface area (Å²) >= 11 is 0. The van der Waals surface area contributed by atoms with Crippen molar-refractivity contribution in [2.45, 2.75) is 32.4 Å². The molecule has 0 heterocycles. The highest BCUT2D eigenvalue weighted by Crippen LogP contribution is 2.22. The van der Waals surface area contributed by atoms with Crippen molar-refractivity contribution in [3.05, 3.63) is 23.8 Å². The van der Waals surface area contributed by atoms with E-state index in [9.17, 15) is 10.2 Å². The molecule has 0 saturated heterocycles. The summed E-state index contributed by atoms with van der Waals surface area (Å²) in [6, 6.07) is 5.11. The van der Waals surface area contributed by atoms with Gasteiger partial charge in [-0.15, -0.1) is 0 Å². The van der Waals surface area contributed by atoms with Gasteiger partial charge >= 0.3 is 0 Å². The van der Waals surface area contributed by atoms with Gasteiger partial charge in [0.2, 0.25) is 0 Å². The van der Waals surface area contributed by atoms with E-state index < -0.39 is 0 Å². The fraction of sp³-hybridized carbons (Fsp3) is 0.538. The van der Waals surface area contributed by atoms with Crippen molar-refractivity contribution in [1.29, 1.82) is 0 Å². The summed E-state index contributed by atoms with van der Waals surface area (Å²) in [5.74, 6) is 0.956. The quantitative estimate of drug-likeness (QED) is 0.677. The lowest BCUT2D eigenvalue weighted by atomic mass is 10.1. The van der Waals surface area contributed by atoms with Gasteiger partial charge < -0.3 is 20.3 Å². The minimum absolute atomic E-state index is 0.239. The van der Waals surface area contributed by atoms with Crippen molar-refractivity contribution in [1.82, 2.24) is 5.32 Å². The van der Waals surface area contributed by atoms with Gasteiger partial charge in [-0.25, -0.2) is 0 Å². The van der Waals surface area contributed by atoms with E-state index in [-0.39, 0.29) is 11.9 Å². The number of benzene rings is 1. The zero-order valence-corrected chi connectivity index (χ0v) is 10.4. The Morgan fingerprint density at radius 2 is 2.18 bits per heavy atom. The number of methoxy groups -OCH3 is 1. The third-order valence-electron chi connectivity index (χ3n) is 2.60. The van der Waals surface area contributed by atoms with E-state index in [2.05, 4.69) is 5.32 Å². The van der Waals surface area contributed by atoms with Crippen molar-refractivity contribution in [2.75, 3.05) is 13.7 Å². The summed E-state index contributed by atoms with van der Waals surface area (Å²) in [6.07, 6.45) is 1.43. The molecule has 0 spiro atoms. The molecule has 0 amide bonds. The highest BCUT2D eigenvalue weighted by Gasteiger charge is 2.05. The van der Waals surface area contributed by atoms with Crippen molar-refractivity contribution in [2.24, 2.45) is 0 Å². The second-order valence-corrected chi connectivity index (χ2v) is 4.07. The normalized spacial score (nSPS) is 12.4. The number of phenolic OH excluding ortho intramolecular Hbond substituents is 1. The fourth-order valence-electron chi connectivity index (χ4n) is 1.64. The summed E-state index contributed by atoms with van der Waals surface area (Å²) < 4.78 is 5.09. The van der Waals surface area contributed by atoms with Gasteiger partial charge in [0, 0.05) is 18.7 Å². The molecule has 1 atom stereocenters. The van der Waals surface area contributed by atoms with Crippen LogP contribution in [-0.2, 0) is 6.54 Å². The molecule has 4 nitrogen and oxygen atoms in total. The van der Waals surface area contributed by atoms with Crippen LogP contribution in [-0.4, -0.2) is 30.0 Å². The molecule has 3 N–H and O–H groups in total. The van der Waals surface area contributed by atoms with Crippen molar-refractivity contribution in [3.63, 3.8) is 0 Å². The van der Waals surface area contributed by atoms with Gasteiger partial charge in [0.05, 0.1) is 13.2 Å². The van der Waals surface area contributed by atoms with Gasteiger partial charge in [0.25, 0.3) is 0 Å². The summed E-state index contributed by atoms with van der Waals surface area (Å²) in [6.45, 7) is 3.09.